The highest BCUT2D eigenvalue weighted by Gasteiger charge is 2.20. The number of hydrogen-bond donors (Lipinski definition) is 2. The Morgan fingerprint density at radius 2 is 1.52 bits per heavy atom. The molecular weight excluding hydrogens is 582 g/mol. The van der Waals surface area contributed by atoms with E-state index in [1.807, 2.05) is 0 Å². The second-order valence-corrected chi connectivity index (χ2v) is 12.5. The normalized spacial score (nSPS) is 11.4. The summed E-state index contributed by atoms with van der Waals surface area (Å²) in [6.45, 7) is 0.0471. The van der Waals surface area contributed by atoms with E-state index in [1.165, 1.54) is 57.7 Å². The number of halogens is 1. The fourth-order valence-corrected chi connectivity index (χ4v) is 5.99. The van der Waals surface area contributed by atoms with Gasteiger partial charge in [-0.2, -0.15) is 0 Å². The number of hydrogen-bond acceptors (Lipinski definition) is 8. The van der Waals surface area contributed by atoms with Gasteiger partial charge in [-0.25, -0.2) is 16.8 Å². The summed E-state index contributed by atoms with van der Waals surface area (Å²) in [7, 11) is -3.26. The largest absolute Gasteiger partial charge is 0.497 e. The summed E-state index contributed by atoms with van der Waals surface area (Å²) < 4.78 is 69.6. The van der Waals surface area contributed by atoms with E-state index in [9.17, 15) is 21.6 Å². The predicted molar refractivity (Wildman–Crippen MR) is 155 cm³/mol. The molecular formula is C26H30ClN3O8S2. The van der Waals surface area contributed by atoms with E-state index in [2.05, 4.69) is 10.0 Å². The van der Waals surface area contributed by atoms with Gasteiger partial charge in [0.2, 0.25) is 15.9 Å². The average Bonchev–Trinajstić information content (AvgIpc) is 2.90. The van der Waals surface area contributed by atoms with Gasteiger partial charge in [-0.15, -0.1) is 0 Å². The Hall–Kier alpha value is -3.68. The highest BCUT2D eigenvalue weighted by molar-refractivity contribution is 7.92. The lowest BCUT2D eigenvalue weighted by Gasteiger charge is -2.23. The zero-order chi connectivity index (χ0) is 29.5. The van der Waals surface area contributed by atoms with Crippen molar-refractivity contribution in [2.45, 2.75) is 17.7 Å². The number of methoxy groups -OCH3 is 3. The SMILES string of the molecule is COc1ccc(OC)c(NS(=O)(=O)c2ccc(NC(=O)CCCN(c3ccc(OC)c(Cl)c3)S(C)(=O)=O)cc2)c1. The summed E-state index contributed by atoms with van der Waals surface area (Å²) in [5.74, 6) is 0.811. The molecule has 0 heterocycles. The van der Waals surface area contributed by atoms with Crippen LogP contribution in [-0.4, -0.2) is 56.9 Å². The maximum absolute atomic E-state index is 12.9. The van der Waals surface area contributed by atoms with Crippen LogP contribution in [0.1, 0.15) is 12.8 Å². The number of carbonyl (C=O) groups excluding carboxylic acids is 1. The van der Waals surface area contributed by atoms with E-state index in [0.717, 1.165) is 10.6 Å². The molecule has 2 N–H and O–H groups in total. The Morgan fingerprint density at radius 3 is 2.10 bits per heavy atom. The average molecular weight is 612 g/mol. The molecule has 0 saturated heterocycles. The van der Waals surface area contributed by atoms with Crippen LogP contribution in [0.15, 0.2) is 65.6 Å². The highest BCUT2D eigenvalue weighted by Crippen LogP contribution is 2.32. The molecule has 0 spiro atoms. The lowest BCUT2D eigenvalue weighted by Crippen LogP contribution is -2.31. The first-order chi connectivity index (χ1) is 18.9. The number of rotatable bonds is 13. The minimum atomic E-state index is -3.97. The van der Waals surface area contributed by atoms with E-state index in [-0.39, 0.29) is 40.9 Å². The number of sulfonamides is 2. The molecule has 0 aliphatic carbocycles. The molecule has 0 aliphatic heterocycles. The van der Waals surface area contributed by atoms with Crippen molar-refractivity contribution in [2.24, 2.45) is 0 Å². The molecule has 0 unspecified atom stereocenters. The maximum atomic E-state index is 12.9. The predicted octanol–water partition coefficient (Wildman–Crippen LogP) is 4.35. The van der Waals surface area contributed by atoms with Crippen LogP contribution in [0.25, 0.3) is 0 Å². The van der Waals surface area contributed by atoms with Gasteiger partial charge in [0.1, 0.15) is 17.2 Å². The number of amides is 1. The molecule has 40 heavy (non-hydrogen) atoms. The standard InChI is InChI=1S/C26H30ClN3O8S2/c1-36-20-10-14-25(38-3)23(17-20)29-40(34,35)21-11-7-18(8-12-21)28-26(31)6-5-15-30(39(4,32)33)19-9-13-24(37-2)22(27)16-19/h7-14,16-17,29H,5-6,15H2,1-4H3,(H,28,31). The molecule has 0 saturated carbocycles. The third kappa shape index (κ3) is 7.93. The van der Waals surface area contributed by atoms with Crippen LogP contribution in [0, 0.1) is 0 Å². The summed E-state index contributed by atoms with van der Waals surface area (Å²) in [6, 6.07) is 14.9. The van der Waals surface area contributed by atoms with Gasteiger partial charge in [-0.05, 0) is 61.0 Å². The van der Waals surface area contributed by atoms with Gasteiger partial charge >= 0.3 is 0 Å². The smallest absolute Gasteiger partial charge is 0.262 e. The summed E-state index contributed by atoms with van der Waals surface area (Å²) in [5, 5.41) is 2.94. The van der Waals surface area contributed by atoms with E-state index in [1.54, 1.807) is 24.3 Å². The Balaban J connectivity index is 1.61. The highest BCUT2D eigenvalue weighted by atomic mass is 35.5. The lowest BCUT2D eigenvalue weighted by molar-refractivity contribution is -0.116. The molecule has 0 bridgehead atoms. The Bertz CT molecular complexity index is 1560. The van der Waals surface area contributed by atoms with Gasteiger partial charge in [0.15, 0.2) is 0 Å². The second kappa shape index (κ2) is 13.1. The molecule has 3 aromatic rings. The first kappa shape index (κ1) is 30.9. The maximum Gasteiger partial charge on any atom is 0.262 e. The minimum Gasteiger partial charge on any atom is -0.497 e. The number of nitrogens with one attached hydrogen (secondary N) is 2. The van der Waals surface area contributed by atoms with Crippen LogP contribution in [0.2, 0.25) is 5.02 Å². The van der Waals surface area contributed by atoms with Crippen LogP contribution in [0.5, 0.6) is 17.2 Å². The molecule has 0 aromatic heterocycles. The molecule has 216 valence electrons. The number of carbonyl (C=O) groups is 1. The van der Waals surface area contributed by atoms with E-state index in [0.29, 0.717) is 28.6 Å². The minimum absolute atomic E-state index is 0.0210. The van der Waals surface area contributed by atoms with E-state index >= 15 is 0 Å². The van der Waals surface area contributed by atoms with Crippen LogP contribution in [0.4, 0.5) is 17.1 Å². The van der Waals surface area contributed by atoms with Crippen molar-refractivity contribution in [3.8, 4) is 17.2 Å². The van der Waals surface area contributed by atoms with Gasteiger partial charge in [-0.3, -0.25) is 13.8 Å². The van der Waals surface area contributed by atoms with Crippen molar-refractivity contribution in [2.75, 3.05) is 48.5 Å². The topological polar surface area (TPSA) is 140 Å². The summed E-state index contributed by atoms with van der Waals surface area (Å²) in [5.41, 5.74) is 0.940. The Morgan fingerprint density at radius 1 is 0.875 bits per heavy atom. The molecule has 3 aromatic carbocycles. The molecule has 3 rings (SSSR count). The van der Waals surface area contributed by atoms with Gasteiger partial charge < -0.3 is 19.5 Å². The second-order valence-electron chi connectivity index (χ2n) is 8.50. The van der Waals surface area contributed by atoms with Crippen molar-refractivity contribution in [3.63, 3.8) is 0 Å². The van der Waals surface area contributed by atoms with Gasteiger partial charge in [-0.1, -0.05) is 11.6 Å². The molecule has 0 radical (unpaired) electrons. The Labute approximate surface area is 239 Å². The van der Waals surface area contributed by atoms with E-state index in [4.69, 9.17) is 25.8 Å². The van der Waals surface area contributed by atoms with Gasteiger partial charge in [0.05, 0.1) is 48.9 Å². The number of anilines is 3. The van der Waals surface area contributed by atoms with Crippen molar-refractivity contribution < 1.29 is 35.8 Å². The van der Waals surface area contributed by atoms with E-state index < -0.39 is 20.0 Å². The number of benzene rings is 3. The molecule has 0 atom stereocenters. The zero-order valence-corrected chi connectivity index (χ0v) is 24.7. The summed E-state index contributed by atoms with van der Waals surface area (Å²) in [4.78, 5) is 12.5. The number of nitrogens with zero attached hydrogens (tertiary/aromatic N) is 1. The third-order valence-corrected chi connectivity index (χ3v) is 8.56. The quantitative estimate of drug-likeness (QED) is 0.291. The fourth-order valence-electron chi connectivity index (χ4n) is 3.72. The van der Waals surface area contributed by atoms with Crippen molar-refractivity contribution in [1.29, 1.82) is 0 Å². The van der Waals surface area contributed by atoms with Gasteiger partial charge in [0.25, 0.3) is 10.0 Å². The lowest BCUT2D eigenvalue weighted by atomic mass is 10.2. The van der Waals surface area contributed by atoms with Crippen LogP contribution < -0.4 is 28.6 Å². The molecule has 1 amide bonds. The number of ether oxygens (including phenoxy) is 3. The zero-order valence-electron chi connectivity index (χ0n) is 22.3. The van der Waals surface area contributed by atoms with Crippen LogP contribution in [0.3, 0.4) is 0 Å². The van der Waals surface area contributed by atoms with Crippen LogP contribution in [-0.2, 0) is 24.8 Å². The van der Waals surface area contributed by atoms with Crippen molar-refractivity contribution in [3.05, 3.63) is 65.7 Å². The Kier molecular flexibility index (Phi) is 10.1. The summed E-state index contributed by atoms with van der Waals surface area (Å²) >= 11 is 6.14. The summed E-state index contributed by atoms with van der Waals surface area (Å²) in [6.07, 6.45) is 1.31. The first-order valence-electron chi connectivity index (χ1n) is 11.8. The van der Waals surface area contributed by atoms with Gasteiger partial charge in [0, 0.05) is 24.7 Å². The third-order valence-electron chi connectivity index (χ3n) is 5.69. The molecule has 0 fully saturated rings. The van der Waals surface area contributed by atoms with Crippen LogP contribution >= 0.6 is 11.6 Å². The molecule has 0 aliphatic rings. The fraction of sp³-hybridized carbons (Fsp3) is 0.269. The van der Waals surface area contributed by atoms with Crippen molar-refractivity contribution >= 4 is 54.6 Å². The molecule has 14 heteroatoms. The van der Waals surface area contributed by atoms with Crippen molar-refractivity contribution in [1.82, 2.24) is 0 Å². The molecule has 11 nitrogen and oxygen atoms in total. The first-order valence-corrected chi connectivity index (χ1v) is 15.5. The monoisotopic (exact) mass is 611 g/mol.